The zero-order valence-electron chi connectivity index (χ0n) is 6.94. The van der Waals surface area contributed by atoms with Crippen molar-refractivity contribution in [2.75, 3.05) is 0 Å². The van der Waals surface area contributed by atoms with Gasteiger partial charge in [-0.05, 0) is 28.1 Å². The average Bonchev–Trinajstić information content (AvgIpc) is 2.70. The van der Waals surface area contributed by atoms with Crippen molar-refractivity contribution in [3.63, 3.8) is 0 Å². The Labute approximate surface area is 87.5 Å². The topological polar surface area (TPSA) is 70.9 Å². The standard InChI is InChI=1S/C8H6BrN3O2/c9-6-4-10-7(11-6)5-2-1-3-12(5)8(13)14/h1-4H,(H,10,11)(H,13,14). The Balaban J connectivity index is 2.51. The van der Waals surface area contributed by atoms with Gasteiger partial charge in [0.25, 0.3) is 0 Å². The van der Waals surface area contributed by atoms with E-state index < -0.39 is 6.09 Å². The van der Waals surface area contributed by atoms with Crippen LogP contribution in [-0.2, 0) is 0 Å². The summed E-state index contributed by atoms with van der Waals surface area (Å²) in [6.45, 7) is 0. The van der Waals surface area contributed by atoms with E-state index >= 15 is 0 Å². The van der Waals surface area contributed by atoms with Gasteiger partial charge in [0, 0.05) is 6.20 Å². The Morgan fingerprint density at radius 1 is 1.64 bits per heavy atom. The van der Waals surface area contributed by atoms with Gasteiger partial charge in [-0.15, -0.1) is 0 Å². The van der Waals surface area contributed by atoms with Gasteiger partial charge in [-0.2, -0.15) is 0 Å². The fraction of sp³-hybridized carbons (Fsp3) is 0. The summed E-state index contributed by atoms with van der Waals surface area (Å²) in [6, 6.07) is 3.33. The minimum atomic E-state index is -1.03. The number of carboxylic acid groups (broad SMARTS) is 1. The van der Waals surface area contributed by atoms with E-state index in [2.05, 4.69) is 25.9 Å². The van der Waals surface area contributed by atoms with Crippen molar-refractivity contribution in [1.82, 2.24) is 14.5 Å². The van der Waals surface area contributed by atoms with Gasteiger partial charge in [-0.3, -0.25) is 0 Å². The molecule has 5 nitrogen and oxygen atoms in total. The van der Waals surface area contributed by atoms with Gasteiger partial charge in [-0.25, -0.2) is 14.3 Å². The predicted octanol–water partition coefficient (Wildman–Crippen LogP) is 2.17. The summed E-state index contributed by atoms with van der Waals surface area (Å²) >= 11 is 3.20. The van der Waals surface area contributed by atoms with E-state index in [1.165, 1.54) is 6.20 Å². The molecular weight excluding hydrogens is 250 g/mol. The summed E-state index contributed by atoms with van der Waals surface area (Å²) in [5.41, 5.74) is 0.517. The van der Waals surface area contributed by atoms with Gasteiger partial charge in [0.2, 0.25) is 0 Å². The lowest BCUT2D eigenvalue weighted by molar-refractivity contribution is 0.196. The molecule has 2 N–H and O–H groups in total. The Bertz CT molecular complexity index is 474. The molecule has 0 saturated heterocycles. The normalized spacial score (nSPS) is 10.4. The highest BCUT2D eigenvalue weighted by molar-refractivity contribution is 9.10. The molecule has 0 saturated carbocycles. The molecule has 2 heterocycles. The third kappa shape index (κ3) is 1.44. The highest BCUT2D eigenvalue weighted by Crippen LogP contribution is 2.18. The summed E-state index contributed by atoms with van der Waals surface area (Å²) in [4.78, 5) is 17.7. The van der Waals surface area contributed by atoms with Crippen LogP contribution in [0, 0.1) is 0 Å². The number of H-pyrrole nitrogens is 1. The highest BCUT2D eigenvalue weighted by atomic mass is 79.9. The maximum atomic E-state index is 10.8. The summed E-state index contributed by atoms with van der Waals surface area (Å²) in [7, 11) is 0. The van der Waals surface area contributed by atoms with Crippen LogP contribution in [0.2, 0.25) is 0 Å². The van der Waals surface area contributed by atoms with Crippen LogP contribution >= 0.6 is 15.9 Å². The van der Waals surface area contributed by atoms with Crippen LogP contribution < -0.4 is 0 Å². The van der Waals surface area contributed by atoms with E-state index in [1.807, 2.05) is 0 Å². The monoisotopic (exact) mass is 255 g/mol. The van der Waals surface area contributed by atoms with Gasteiger partial charge in [0.05, 0.1) is 11.9 Å². The predicted molar refractivity (Wildman–Crippen MR) is 53.1 cm³/mol. The van der Waals surface area contributed by atoms with Crippen LogP contribution in [-0.4, -0.2) is 25.7 Å². The summed E-state index contributed by atoms with van der Waals surface area (Å²) in [5, 5.41) is 8.83. The SMILES string of the molecule is O=C(O)n1cccc1-c1ncc(Br)[nH]1. The fourth-order valence-electron chi connectivity index (χ4n) is 1.17. The Kier molecular flexibility index (Phi) is 2.12. The second kappa shape index (κ2) is 3.30. The van der Waals surface area contributed by atoms with Crippen LogP contribution in [0.4, 0.5) is 4.79 Å². The molecule has 72 valence electrons. The van der Waals surface area contributed by atoms with Gasteiger partial charge in [0.1, 0.15) is 4.60 Å². The molecule has 0 atom stereocenters. The van der Waals surface area contributed by atoms with Crippen LogP contribution in [0.1, 0.15) is 0 Å². The summed E-state index contributed by atoms with van der Waals surface area (Å²) in [6.07, 6.45) is 2.01. The average molecular weight is 256 g/mol. The van der Waals surface area contributed by atoms with Crippen LogP contribution in [0.15, 0.2) is 29.1 Å². The number of carbonyl (C=O) groups is 1. The molecule has 2 aromatic rings. The second-order valence-corrected chi connectivity index (χ2v) is 3.48. The number of nitrogens with zero attached hydrogens (tertiary/aromatic N) is 2. The first-order chi connectivity index (χ1) is 6.68. The summed E-state index contributed by atoms with van der Waals surface area (Å²) in [5.74, 6) is 0.518. The number of aromatic nitrogens is 3. The van der Waals surface area contributed by atoms with E-state index in [4.69, 9.17) is 5.11 Å². The van der Waals surface area contributed by atoms with E-state index in [9.17, 15) is 4.79 Å². The number of hydrogen-bond acceptors (Lipinski definition) is 2. The first-order valence-electron chi connectivity index (χ1n) is 3.80. The van der Waals surface area contributed by atoms with E-state index in [0.29, 0.717) is 16.1 Å². The molecule has 0 bridgehead atoms. The van der Waals surface area contributed by atoms with Crippen molar-refractivity contribution < 1.29 is 9.90 Å². The maximum absolute atomic E-state index is 10.8. The maximum Gasteiger partial charge on any atom is 0.416 e. The quantitative estimate of drug-likeness (QED) is 0.821. The van der Waals surface area contributed by atoms with Gasteiger partial charge < -0.3 is 10.1 Å². The third-order valence-corrected chi connectivity index (χ3v) is 2.15. The minimum absolute atomic E-state index is 0.517. The molecule has 0 aliphatic heterocycles. The fourth-order valence-corrected chi connectivity index (χ4v) is 1.46. The number of imidazole rings is 1. The molecule has 2 aromatic heterocycles. The molecule has 0 amide bonds. The Morgan fingerprint density at radius 2 is 2.43 bits per heavy atom. The van der Waals surface area contributed by atoms with Gasteiger partial charge >= 0.3 is 6.09 Å². The Hall–Kier alpha value is -1.56. The number of rotatable bonds is 1. The van der Waals surface area contributed by atoms with Crippen molar-refractivity contribution in [1.29, 1.82) is 0 Å². The number of halogens is 1. The van der Waals surface area contributed by atoms with E-state index in [-0.39, 0.29) is 0 Å². The number of aromatic amines is 1. The van der Waals surface area contributed by atoms with Gasteiger partial charge in [0.15, 0.2) is 5.82 Å². The largest absolute Gasteiger partial charge is 0.464 e. The minimum Gasteiger partial charge on any atom is -0.464 e. The molecule has 0 aliphatic rings. The van der Waals surface area contributed by atoms with Crippen LogP contribution in [0.3, 0.4) is 0 Å². The molecular formula is C8H6BrN3O2. The molecule has 0 unspecified atom stereocenters. The lowest BCUT2D eigenvalue weighted by atomic mass is 10.4. The highest BCUT2D eigenvalue weighted by Gasteiger charge is 2.11. The van der Waals surface area contributed by atoms with Crippen molar-refractivity contribution in [3.05, 3.63) is 29.1 Å². The smallest absolute Gasteiger partial charge is 0.416 e. The molecule has 2 rings (SSSR count). The molecule has 0 spiro atoms. The second-order valence-electron chi connectivity index (χ2n) is 2.63. The van der Waals surface area contributed by atoms with E-state index in [0.717, 1.165) is 4.57 Å². The molecule has 0 radical (unpaired) electrons. The Morgan fingerprint density at radius 3 is 3.00 bits per heavy atom. The van der Waals surface area contributed by atoms with Gasteiger partial charge in [-0.1, -0.05) is 0 Å². The number of nitrogens with one attached hydrogen (secondary N) is 1. The first-order valence-corrected chi connectivity index (χ1v) is 4.59. The van der Waals surface area contributed by atoms with E-state index in [1.54, 1.807) is 18.3 Å². The zero-order valence-corrected chi connectivity index (χ0v) is 8.52. The molecule has 14 heavy (non-hydrogen) atoms. The molecule has 0 aliphatic carbocycles. The van der Waals surface area contributed by atoms with Crippen molar-refractivity contribution in [2.45, 2.75) is 0 Å². The molecule has 0 aromatic carbocycles. The van der Waals surface area contributed by atoms with Crippen LogP contribution in [0.5, 0.6) is 0 Å². The lowest BCUT2D eigenvalue weighted by Gasteiger charge is -1.99. The third-order valence-electron chi connectivity index (χ3n) is 1.74. The lowest BCUT2D eigenvalue weighted by Crippen LogP contribution is -2.08. The summed E-state index contributed by atoms with van der Waals surface area (Å²) < 4.78 is 1.82. The molecule has 6 heteroatoms. The van der Waals surface area contributed by atoms with Crippen LogP contribution in [0.25, 0.3) is 11.5 Å². The number of hydrogen-bond donors (Lipinski definition) is 2. The van der Waals surface area contributed by atoms with Crippen molar-refractivity contribution in [2.24, 2.45) is 0 Å². The zero-order chi connectivity index (χ0) is 10.1. The van der Waals surface area contributed by atoms with Crippen molar-refractivity contribution in [3.8, 4) is 11.5 Å². The van der Waals surface area contributed by atoms with Crippen molar-refractivity contribution >= 4 is 22.0 Å². The molecule has 0 fully saturated rings. The first kappa shape index (κ1) is 9.01.